The van der Waals surface area contributed by atoms with E-state index in [0.717, 1.165) is 34.5 Å². The van der Waals surface area contributed by atoms with Gasteiger partial charge in [0.25, 0.3) is 5.91 Å². The highest BCUT2D eigenvalue weighted by Crippen LogP contribution is 2.28. The normalized spacial score (nSPS) is 14.2. The van der Waals surface area contributed by atoms with E-state index >= 15 is 0 Å². The number of carbonyl (C=O) groups is 1. The molecule has 180 valence electrons. The summed E-state index contributed by atoms with van der Waals surface area (Å²) in [4.78, 5) is 17.3. The van der Waals surface area contributed by atoms with Gasteiger partial charge >= 0.3 is 0 Å². The van der Waals surface area contributed by atoms with Crippen LogP contribution in [0.5, 0.6) is 0 Å². The summed E-state index contributed by atoms with van der Waals surface area (Å²) in [6, 6.07) is 19.0. The maximum Gasteiger partial charge on any atom is 0.270 e. The van der Waals surface area contributed by atoms with Gasteiger partial charge in [-0.3, -0.25) is 9.36 Å². The van der Waals surface area contributed by atoms with Crippen molar-refractivity contribution in [1.29, 1.82) is 0 Å². The minimum absolute atomic E-state index is 0.0580. The summed E-state index contributed by atoms with van der Waals surface area (Å²) in [5.74, 6) is 1.48. The zero-order chi connectivity index (χ0) is 24.0. The molecule has 1 amide bonds. The van der Waals surface area contributed by atoms with E-state index in [-0.39, 0.29) is 11.9 Å². The molecular formula is C27H29N5OS2. The van der Waals surface area contributed by atoms with Gasteiger partial charge in [0.15, 0.2) is 5.16 Å². The van der Waals surface area contributed by atoms with Crippen molar-refractivity contribution in [3.8, 4) is 5.69 Å². The fourth-order valence-electron chi connectivity index (χ4n) is 4.35. The molecular weight excluding hydrogens is 474 g/mol. The largest absolute Gasteiger partial charge is 0.348 e. The number of hydrogen-bond donors (Lipinski definition) is 1. The molecule has 6 nitrogen and oxygen atoms in total. The van der Waals surface area contributed by atoms with Crippen molar-refractivity contribution < 1.29 is 4.79 Å². The van der Waals surface area contributed by atoms with Gasteiger partial charge in [-0.05, 0) is 37.5 Å². The van der Waals surface area contributed by atoms with Crippen LogP contribution in [0.3, 0.4) is 0 Å². The van der Waals surface area contributed by atoms with Gasteiger partial charge in [0.2, 0.25) is 0 Å². The number of amides is 1. The molecule has 2 aromatic carbocycles. The average Bonchev–Trinajstić information content (AvgIpc) is 3.52. The van der Waals surface area contributed by atoms with Gasteiger partial charge in [0.05, 0.1) is 5.75 Å². The maximum atomic E-state index is 12.6. The lowest BCUT2D eigenvalue weighted by Crippen LogP contribution is -2.36. The van der Waals surface area contributed by atoms with Crippen molar-refractivity contribution in [3.05, 3.63) is 87.6 Å². The van der Waals surface area contributed by atoms with Crippen LogP contribution in [0.1, 0.15) is 64.6 Å². The first-order valence-electron chi connectivity index (χ1n) is 12.1. The van der Waals surface area contributed by atoms with Crippen LogP contribution in [0.25, 0.3) is 5.69 Å². The quantitative estimate of drug-likeness (QED) is 0.300. The van der Waals surface area contributed by atoms with Crippen molar-refractivity contribution in [2.24, 2.45) is 0 Å². The number of carbonyl (C=O) groups excluding carboxylic acids is 1. The van der Waals surface area contributed by atoms with Crippen molar-refractivity contribution >= 4 is 29.0 Å². The molecule has 0 bridgehead atoms. The van der Waals surface area contributed by atoms with Gasteiger partial charge in [-0.25, -0.2) is 4.98 Å². The van der Waals surface area contributed by atoms with Crippen molar-refractivity contribution in [2.75, 3.05) is 0 Å². The number of aryl methyl sites for hydroxylation is 1. The second-order valence-corrected chi connectivity index (χ2v) is 10.8. The van der Waals surface area contributed by atoms with Crippen LogP contribution in [0, 0.1) is 6.92 Å². The summed E-state index contributed by atoms with van der Waals surface area (Å²) >= 11 is 3.12. The number of nitrogens with zero attached hydrogens (tertiary/aromatic N) is 4. The zero-order valence-electron chi connectivity index (χ0n) is 19.8. The van der Waals surface area contributed by atoms with Crippen LogP contribution in [-0.2, 0) is 12.2 Å². The Morgan fingerprint density at radius 3 is 2.60 bits per heavy atom. The molecule has 8 heteroatoms. The standard InChI is InChI=1S/C27H29N5OS2/c1-19-12-14-22(15-13-19)32-24(16-20-8-4-2-5-9-20)30-31-27(32)35-18-25-29-23(17-34-25)26(33)28-21-10-6-3-7-11-21/h2,4-5,8-9,12-15,17,21H,3,6-7,10-11,16,18H2,1H3,(H,28,33). The van der Waals surface area contributed by atoms with E-state index in [4.69, 9.17) is 0 Å². The summed E-state index contributed by atoms with van der Waals surface area (Å²) in [5, 5.41) is 15.8. The molecule has 0 atom stereocenters. The van der Waals surface area contributed by atoms with E-state index in [1.54, 1.807) is 11.8 Å². The molecule has 1 fully saturated rings. The molecule has 0 unspecified atom stereocenters. The molecule has 2 heterocycles. The van der Waals surface area contributed by atoms with Gasteiger partial charge in [-0.2, -0.15) is 0 Å². The first-order chi connectivity index (χ1) is 17.2. The lowest BCUT2D eigenvalue weighted by molar-refractivity contribution is 0.0923. The number of hydrogen-bond acceptors (Lipinski definition) is 6. The Hall–Kier alpha value is -2.97. The summed E-state index contributed by atoms with van der Waals surface area (Å²) < 4.78 is 2.13. The lowest BCUT2D eigenvalue weighted by atomic mass is 9.95. The van der Waals surface area contributed by atoms with Crippen LogP contribution in [0.4, 0.5) is 0 Å². The molecule has 1 N–H and O–H groups in total. The van der Waals surface area contributed by atoms with Crippen LogP contribution in [-0.4, -0.2) is 31.7 Å². The average molecular weight is 504 g/mol. The SMILES string of the molecule is Cc1ccc(-n2c(Cc3ccccc3)nnc2SCc2nc(C(=O)NC3CCCCC3)cs2)cc1. The second kappa shape index (κ2) is 11.2. The number of thiazole rings is 1. The Kier molecular flexibility index (Phi) is 7.59. The summed E-state index contributed by atoms with van der Waals surface area (Å²) in [6.07, 6.45) is 6.49. The van der Waals surface area contributed by atoms with Crippen LogP contribution in [0.2, 0.25) is 0 Å². The molecule has 0 aliphatic heterocycles. The highest BCUT2D eigenvalue weighted by molar-refractivity contribution is 7.98. The third-order valence-electron chi connectivity index (χ3n) is 6.25. The van der Waals surface area contributed by atoms with E-state index in [1.165, 1.54) is 41.7 Å². The van der Waals surface area contributed by atoms with E-state index in [0.29, 0.717) is 17.9 Å². The molecule has 2 aromatic heterocycles. The number of thioether (sulfide) groups is 1. The Morgan fingerprint density at radius 1 is 1.06 bits per heavy atom. The molecule has 4 aromatic rings. The molecule has 35 heavy (non-hydrogen) atoms. The molecule has 1 aliphatic carbocycles. The van der Waals surface area contributed by atoms with E-state index in [9.17, 15) is 4.79 Å². The lowest BCUT2D eigenvalue weighted by Gasteiger charge is -2.22. The summed E-state index contributed by atoms with van der Waals surface area (Å²) in [7, 11) is 0. The fourth-order valence-corrected chi connectivity index (χ4v) is 6.12. The van der Waals surface area contributed by atoms with Gasteiger partial charge in [-0.15, -0.1) is 21.5 Å². The third kappa shape index (κ3) is 6.00. The van der Waals surface area contributed by atoms with Gasteiger partial charge in [0.1, 0.15) is 16.5 Å². The van der Waals surface area contributed by atoms with E-state index < -0.39 is 0 Å². The minimum atomic E-state index is -0.0580. The van der Waals surface area contributed by atoms with Crippen molar-refractivity contribution in [2.45, 2.75) is 62.4 Å². The molecule has 1 aliphatic rings. The number of rotatable bonds is 8. The predicted octanol–water partition coefficient (Wildman–Crippen LogP) is 5.98. The number of nitrogens with one attached hydrogen (secondary N) is 1. The van der Waals surface area contributed by atoms with E-state index in [2.05, 4.69) is 68.4 Å². The summed E-state index contributed by atoms with van der Waals surface area (Å²) in [6.45, 7) is 2.08. The van der Waals surface area contributed by atoms with Gasteiger partial charge in [-0.1, -0.05) is 79.1 Å². The minimum Gasteiger partial charge on any atom is -0.348 e. The van der Waals surface area contributed by atoms with Gasteiger partial charge in [0, 0.05) is 23.5 Å². The first kappa shape index (κ1) is 23.8. The Balaban J connectivity index is 1.31. The first-order valence-corrected chi connectivity index (χ1v) is 14.0. The molecule has 0 radical (unpaired) electrons. The molecule has 5 rings (SSSR count). The topological polar surface area (TPSA) is 72.7 Å². The van der Waals surface area contributed by atoms with Crippen LogP contribution in [0.15, 0.2) is 65.1 Å². The summed E-state index contributed by atoms with van der Waals surface area (Å²) in [5.41, 5.74) is 3.96. The van der Waals surface area contributed by atoms with Crippen LogP contribution < -0.4 is 5.32 Å². The maximum absolute atomic E-state index is 12.6. The smallest absolute Gasteiger partial charge is 0.270 e. The fraction of sp³-hybridized carbons (Fsp3) is 0.333. The van der Waals surface area contributed by atoms with Crippen LogP contribution >= 0.6 is 23.1 Å². The molecule has 0 saturated heterocycles. The highest BCUT2D eigenvalue weighted by atomic mass is 32.2. The highest BCUT2D eigenvalue weighted by Gasteiger charge is 2.20. The Morgan fingerprint density at radius 2 is 1.83 bits per heavy atom. The van der Waals surface area contributed by atoms with Gasteiger partial charge < -0.3 is 5.32 Å². The predicted molar refractivity (Wildman–Crippen MR) is 141 cm³/mol. The van der Waals surface area contributed by atoms with E-state index in [1.807, 2.05) is 23.6 Å². The molecule has 0 spiro atoms. The third-order valence-corrected chi connectivity index (χ3v) is 8.22. The monoisotopic (exact) mass is 503 g/mol. The number of aromatic nitrogens is 4. The second-order valence-electron chi connectivity index (χ2n) is 8.96. The van der Waals surface area contributed by atoms with Crippen molar-refractivity contribution in [3.63, 3.8) is 0 Å². The Bertz CT molecular complexity index is 1260. The zero-order valence-corrected chi connectivity index (χ0v) is 21.4. The Labute approximate surface area is 214 Å². The molecule has 1 saturated carbocycles. The number of benzene rings is 2. The van der Waals surface area contributed by atoms with Crippen molar-refractivity contribution in [1.82, 2.24) is 25.1 Å².